The van der Waals surface area contributed by atoms with Crippen LogP contribution in [0.2, 0.25) is 0 Å². The molecular weight excluding hydrogens is 339 g/mol. The lowest BCUT2D eigenvalue weighted by Crippen LogP contribution is -2.40. The molecule has 2 rings (SSSR count). The summed E-state index contributed by atoms with van der Waals surface area (Å²) in [5.74, 6) is -11.3. The van der Waals surface area contributed by atoms with Crippen LogP contribution in [0, 0.1) is 23.3 Å². The van der Waals surface area contributed by atoms with E-state index in [0.29, 0.717) is 6.92 Å². The molecule has 0 aliphatic heterocycles. The summed E-state index contributed by atoms with van der Waals surface area (Å²) in [5.41, 5.74) is -4.82. The second kappa shape index (κ2) is 5.90. The normalized spacial score (nSPS) is 38.4. The summed E-state index contributed by atoms with van der Waals surface area (Å²) in [7, 11) is 0. The van der Waals surface area contributed by atoms with Crippen molar-refractivity contribution >= 4 is 0 Å². The van der Waals surface area contributed by atoms with Gasteiger partial charge in [0.1, 0.15) is 30.0 Å². The quantitative estimate of drug-likeness (QED) is 0.295. The first-order chi connectivity index (χ1) is 10.5. The predicted octanol–water partition coefficient (Wildman–Crippen LogP) is 4.81. The molecule has 0 nitrogen and oxygen atoms in total. The first-order valence-electron chi connectivity index (χ1n) is 6.57. The van der Waals surface area contributed by atoms with Gasteiger partial charge in [-0.15, -0.1) is 0 Å². The molecule has 9 heteroatoms. The Bertz CT molecular complexity index is 600. The highest BCUT2D eigenvalue weighted by Crippen LogP contribution is 2.45. The van der Waals surface area contributed by atoms with E-state index in [-0.39, 0.29) is 6.07 Å². The Morgan fingerprint density at radius 3 is 2.04 bits per heavy atom. The SMILES string of the molecule is CC1(F)CC(F)C(F)C(c2c(F)cc(F)c(F)c2F)C(F)C1F. The van der Waals surface area contributed by atoms with Crippen LogP contribution < -0.4 is 0 Å². The number of hydrogen-bond acceptors (Lipinski definition) is 0. The molecule has 1 aromatic rings. The standard InChI is InChI=1S/C14H11F9/c1-14(23)3-6(17)9(18)8(12(21)13(14)22)7-4(15)2-5(16)10(19)11(7)20/h2,6,8-9,12-13H,3H2,1H3. The van der Waals surface area contributed by atoms with E-state index in [0.717, 1.165) is 0 Å². The van der Waals surface area contributed by atoms with Gasteiger partial charge in [-0.2, -0.15) is 0 Å². The van der Waals surface area contributed by atoms with Gasteiger partial charge in [-0.25, -0.2) is 39.5 Å². The van der Waals surface area contributed by atoms with Crippen LogP contribution in [0.3, 0.4) is 0 Å². The predicted molar refractivity (Wildman–Crippen MR) is 62.7 cm³/mol. The summed E-state index contributed by atoms with van der Waals surface area (Å²) < 4.78 is 123. The Morgan fingerprint density at radius 2 is 1.48 bits per heavy atom. The molecule has 1 aliphatic carbocycles. The first kappa shape index (κ1) is 17.9. The van der Waals surface area contributed by atoms with Crippen molar-refractivity contribution in [3.63, 3.8) is 0 Å². The fourth-order valence-electron chi connectivity index (χ4n) is 2.73. The van der Waals surface area contributed by atoms with E-state index in [4.69, 9.17) is 0 Å². The molecule has 23 heavy (non-hydrogen) atoms. The molecule has 1 aliphatic rings. The Morgan fingerprint density at radius 1 is 0.913 bits per heavy atom. The Balaban J connectivity index is 2.63. The Kier molecular flexibility index (Phi) is 4.60. The van der Waals surface area contributed by atoms with Crippen LogP contribution in [0.1, 0.15) is 24.8 Å². The Hall–Kier alpha value is -1.41. The molecule has 0 amide bonds. The maximum absolute atomic E-state index is 14.1. The molecule has 0 radical (unpaired) electrons. The van der Waals surface area contributed by atoms with E-state index in [1.807, 2.05) is 0 Å². The number of halogens is 9. The molecule has 130 valence electrons. The summed E-state index contributed by atoms with van der Waals surface area (Å²) in [4.78, 5) is 0. The summed E-state index contributed by atoms with van der Waals surface area (Å²) in [5, 5.41) is 0. The van der Waals surface area contributed by atoms with E-state index >= 15 is 0 Å². The zero-order valence-corrected chi connectivity index (χ0v) is 11.6. The average molecular weight is 350 g/mol. The van der Waals surface area contributed by atoms with Crippen LogP contribution in [0.5, 0.6) is 0 Å². The van der Waals surface area contributed by atoms with Crippen LogP contribution in [-0.4, -0.2) is 30.4 Å². The Labute approximate surface area is 125 Å². The summed E-state index contributed by atoms with van der Waals surface area (Å²) in [6.07, 6.45) is -13.5. The lowest BCUT2D eigenvalue weighted by atomic mass is 9.86. The molecule has 0 heterocycles. The van der Waals surface area contributed by atoms with Crippen LogP contribution in [-0.2, 0) is 0 Å². The van der Waals surface area contributed by atoms with Gasteiger partial charge in [0.25, 0.3) is 0 Å². The molecule has 0 saturated heterocycles. The van der Waals surface area contributed by atoms with Crippen LogP contribution in [0.15, 0.2) is 6.07 Å². The monoisotopic (exact) mass is 350 g/mol. The smallest absolute Gasteiger partial charge is 0.194 e. The maximum atomic E-state index is 14.1. The highest BCUT2D eigenvalue weighted by molar-refractivity contribution is 5.30. The van der Waals surface area contributed by atoms with Gasteiger partial charge in [-0.1, -0.05) is 0 Å². The number of rotatable bonds is 1. The lowest BCUT2D eigenvalue weighted by molar-refractivity contribution is 0.00365. The van der Waals surface area contributed by atoms with E-state index in [1.165, 1.54) is 0 Å². The van der Waals surface area contributed by atoms with E-state index in [2.05, 4.69) is 0 Å². The van der Waals surface area contributed by atoms with Crippen molar-refractivity contribution in [1.82, 2.24) is 0 Å². The molecule has 0 aromatic heterocycles. The van der Waals surface area contributed by atoms with E-state index in [1.54, 1.807) is 0 Å². The fraction of sp³-hybridized carbons (Fsp3) is 0.571. The molecule has 6 unspecified atom stereocenters. The molecule has 1 saturated carbocycles. The van der Waals surface area contributed by atoms with Gasteiger partial charge in [0, 0.05) is 18.1 Å². The molecule has 0 spiro atoms. The number of hydrogen-bond donors (Lipinski definition) is 0. The third-order valence-electron chi connectivity index (χ3n) is 3.96. The van der Waals surface area contributed by atoms with Crippen molar-refractivity contribution in [2.24, 2.45) is 0 Å². The second-order valence-electron chi connectivity index (χ2n) is 5.70. The van der Waals surface area contributed by atoms with Gasteiger partial charge in [0.2, 0.25) is 0 Å². The van der Waals surface area contributed by atoms with Gasteiger partial charge < -0.3 is 0 Å². The average Bonchev–Trinajstić information content (AvgIpc) is 2.50. The molecule has 0 bridgehead atoms. The van der Waals surface area contributed by atoms with Crippen molar-refractivity contribution in [2.75, 3.05) is 0 Å². The number of benzene rings is 1. The fourth-order valence-corrected chi connectivity index (χ4v) is 2.73. The second-order valence-corrected chi connectivity index (χ2v) is 5.70. The minimum Gasteiger partial charge on any atom is -0.244 e. The van der Waals surface area contributed by atoms with Crippen molar-refractivity contribution < 1.29 is 39.5 Å². The third-order valence-corrected chi connectivity index (χ3v) is 3.96. The highest BCUT2D eigenvalue weighted by atomic mass is 19.2. The molecule has 0 N–H and O–H groups in total. The minimum atomic E-state index is -3.20. The minimum absolute atomic E-state index is 0.201. The van der Waals surface area contributed by atoms with Crippen LogP contribution in [0.25, 0.3) is 0 Å². The highest BCUT2D eigenvalue weighted by Gasteiger charge is 2.55. The van der Waals surface area contributed by atoms with Crippen molar-refractivity contribution in [1.29, 1.82) is 0 Å². The maximum Gasteiger partial charge on any atom is 0.194 e. The first-order valence-corrected chi connectivity index (χ1v) is 6.57. The number of alkyl halides is 5. The van der Waals surface area contributed by atoms with Gasteiger partial charge in [0.15, 0.2) is 23.6 Å². The molecular formula is C14H11F9. The zero-order valence-electron chi connectivity index (χ0n) is 11.6. The summed E-state index contributed by atoms with van der Waals surface area (Å²) in [6, 6.07) is -0.201. The summed E-state index contributed by atoms with van der Waals surface area (Å²) >= 11 is 0. The van der Waals surface area contributed by atoms with Crippen LogP contribution >= 0.6 is 0 Å². The van der Waals surface area contributed by atoms with Gasteiger partial charge in [0.05, 0.1) is 5.92 Å². The van der Waals surface area contributed by atoms with Crippen molar-refractivity contribution in [3.8, 4) is 0 Å². The van der Waals surface area contributed by atoms with Gasteiger partial charge in [-0.3, -0.25) is 0 Å². The molecule has 1 aromatic carbocycles. The van der Waals surface area contributed by atoms with Crippen LogP contribution in [0.4, 0.5) is 39.5 Å². The zero-order chi connectivity index (χ0) is 17.7. The topological polar surface area (TPSA) is 0 Å². The van der Waals surface area contributed by atoms with Crippen molar-refractivity contribution in [2.45, 2.75) is 49.6 Å². The third kappa shape index (κ3) is 2.89. The van der Waals surface area contributed by atoms with Crippen molar-refractivity contribution in [3.05, 3.63) is 34.9 Å². The summed E-state index contributed by atoms with van der Waals surface area (Å²) in [6.45, 7) is 0.476. The van der Waals surface area contributed by atoms with E-state index in [9.17, 15) is 39.5 Å². The van der Waals surface area contributed by atoms with E-state index < -0.39 is 71.5 Å². The lowest BCUT2D eigenvalue weighted by Gasteiger charge is -2.27. The molecule has 1 fully saturated rings. The molecule has 6 atom stereocenters. The van der Waals surface area contributed by atoms with Gasteiger partial charge >= 0.3 is 0 Å². The van der Waals surface area contributed by atoms with Gasteiger partial charge in [-0.05, 0) is 6.92 Å². The largest absolute Gasteiger partial charge is 0.244 e.